The molecule has 10 heteroatoms. The summed E-state index contributed by atoms with van der Waals surface area (Å²) >= 11 is 1.40. The van der Waals surface area contributed by atoms with Crippen molar-refractivity contribution < 1.29 is 14.3 Å². The first-order chi connectivity index (χ1) is 19.0. The molecule has 0 radical (unpaired) electrons. The molecule has 3 aromatic rings. The summed E-state index contributed by atoms with van der Waals surface area (Å²) in [4.78, 5) is 39.2. The van der Waals surface area contributed by atoms with Crippen LogP contribution in [0.25, 0.3) is 10.6 Å². The molecule has 0 atom stereocenters. The second-order valence-electron chi connectivity index (χ2n) is 8.94. The van der Waals surface area contributed by atoms with E-state index in [0.29, 0.717) is 42.4 Å². The summed E-state index contributed by atoms with van der Waals surface area (Å²) in [6.07, 6.45) is 3.91. The molecule has 4 rings (SSSR count). The number of nitrogens with zero attached hydrogens (tertiary/aromatic N) is 4. The molecule has 3 heterocycles. The number of nitrogens with one attached hydrogen (secondary N) is 2. The minimum Gasteiger partial charge on any atom is -0.492 e. The summed E-state index contributed by atoms with van der Waals surface area (Å²) in [6.45, 7) is 12.4. The quantitative estimate of drug-likeness (QED) is 0.321. The van der Waals surface area contributed by atoms with Crippen LogP contribution in [0.1, 0.15) is 61.4 Å². The number of aromatic nitrogens is 2. The number of pyridine rings is 1. The van der Waals surface area contributed by atoms with Crippen LogP contribution in [-0.4, -0.2) is 78.0 Å². The fourth-order valence-electron chi connectivity index (χ4n) is 3.98. The molecule has 2 N–H and O–H groups in total. The SMILES string of the molecule is CC.CCCCNc1cc(-c2nc(C(=O)Nc3cc(C(=O)N4CCN(C)CC4)ccc3OCC)cs2)ccn1. The van der Waals surface area contributed by atoms with Gasteiger partial charge in [-0.05, 0) is 50.7 Å². The van der Waals surface area contributed by atoms with E-state index in [4.69, 9.17) is 4.74 Å². The Morgan fingerprint density at radius 3 is 2.56 bits per heavy atom. The monoisotopic (exact) mass is 552 g/mol. The van der Waals surface area contributed by atoms with Gasteiger partial charge >= 0.3 is 0 Å². The van der Waals surface area contributed by atoms with Crippen molar-refractivity contribution in [3.63, 3.8) is 0 Å². The molecule has 39 heavy (non-hydrogen) atoms. The van der Waals surface area contributed by atoms with E-state index >= 15 is 0 Å². The Balaban J connectivity index is 0.00000205. The summed E-state index contributed by atoms with van der Waals surface area (Å²) in [5.41, 5.74) is 2.17. The molecule has 1 aliphatic rings. The van der Waals surface area contributed by atoms with Gasteiger partial charge in [0.15, 0.2) is 0 Å². The number of piperazine rings is 1. The lowest BCUT2D eigenvalue weighted by Gasteiger charge is -2.32. The summed E-state index contributed by atoms with van der Waals surface area (Å²) in [7, 11) is 2.05. The van der Waals surface area contributed by atoms with Gasteiger partial charge in [0.2, 0.25) is 0 Å². The molecule has 1 saturated heterocycles. The third kappa shape index (κ3) is 8.24. The average Bonchev–Trinajstić information content (AvgIpc) is 3.46. The van der Waals surface area contributed by atoms with E-state index in [2.05, 4.69) is 32.4 Å². The maximum atomic E-state index is 13.1. The number of carbonyl (C=O) groups excluding carboxylic acids is 2. The smallest absolute Gasteiger partial charge is 0.275 e. The molecule has 1 fully saturated rings. The lowest BCUT2D eigenvalue weighted by molar-refractivity contribution is 0.0664. The molecule has 0 aliphatic carbocycles. The number of amides is 2. The number of likely N-dealkylation sites (N-methyl/N-ethyl adjacent to an activating group) is 1. The molecule has 0 saturated carbocycles. The molecule has 9 nitrogen and oxygen atoms in total. The zero-order valence-electron chi connectivity index (χ0n) is 23.6. The Kier molecular flexibility index (Phi) is 11.7. The highest BCUT2D eigenvalue weighted by molar-refractivity contribution is 7.13. The second-order valence-corrected chi connectivity index (χ2v) is 9.80. The van der Waals surface area contributed by atoms with Gasteiger partial charge in [-0.15, -0.1) is 11.3 Å². The number of unbranched alkanes of at least 4 members (excludes halogenated alkanes) is 1. The first kappa shape index (κ1) is 30.0. The van der Waals surface area contributed by atoms with Crippen LogP contribution in [0.3, 0.4) is 0 Å². The van der Waals surface area contributed by atoms with E-state index in [9.17, 15) is 9.59 Å². The fourth-order valence-corrected chi connectivity index (χ4v) is 4.78. The third-order valence-electron chi connectivity index (χ3n) is 6.15. The van der Waals surface area contributed by atoms with Crippen molar-refractivity contribution in [1.29, 1.82) is 0 Å². The topological polar surface area (TPSA) is 99.7 Å². The number of carbonyl (C=O) groups is 2. The summed E-state index contributed by atoms with van der Waals surface area (Å²) < 4.78 is 5.72. The minimum atomic E-state index is -0.358. The first-order valence-corrected chi connectivity index (χ1v) is 14.6. The number of anilines is 2. The highest BCUT2D eigenvalue weighted by Gasteiger charge is 2.22. The van der Waals surface area contributed by atoms with Gasteiger partial charge in [-0.1, -0.05) is 27.2 Å². The van der Waals surface area contributed by atoms with E-state index in [1.165, 1.54) is 11.3 Å². The van der Waals surface area contributed by atoms with Crippen molar-refractivity contribution in [3.8, 4) is 16.3 Å². The summed E-state index contributed by atoms with van der Waals surface area (Å²) in [6, 6.07) is 8.99. The predicted octanol–water partition coefficient (Wildman–Crippen LogP) is 5.48. The number of hydrogen-bond acceptors (Lipinski definition) is 8. The van der Waals surface area contributed by atoms with Gasteiger partial charge in [-0.2, -0.15) is 0 Å². The first-order valence-electron chi connectivity index (χ1n) is 13.7. The molecule has 0 bridgehead atoms. The van der Waals surface area contributed by atoms with Gasteiger partial charge in [0, 0.05) is 55.4 Å². The van der Waals surface area contributed by atoms with Crippen molar-refractivity contribution in [2.24, 2.45) is 0 Å². The van der Waals surface area contributed by atoms with Gasteiger partial charge < -0.3 is 25.2 Å². The van der Waals surface area contributed by atoms with Crippen LogP contribution in [0.15, 0.2) is 41.9 Å². The van der Waals surface area contributed by atoms with Crippen LogP contribution in [0, 0.1) is 0 Å². The summed E-state index contributed by atoms with van der Waals surface area (Å²) in [5.74, 6) is 0.889. The van der Waals surface area contributed by atoms with Crippen LogP contribution in [-0.2, 0) is 0 Å². The molecule has 2 amide bonds. The minimum absolute atomic E-state index is 0.0522. The van der Waals surface area contributed by atoms with Crippen LogP contribution < -0.4 is 15.4 Å². The van der Waals surface area contributed by atoms with Gasteiger partial charge in [0.25, 0.3) is 11.8 Å². The molecule has 1 aliphatic heterocycles. The number of ether oxygens (including phenoxy) is 1. The Morgan fingerprint density at radius 1 is 1.08 bits per heavy atom. The second kappa shape index (κ2) is 15.2. The lowest BCUT2D eigenvalue weighted by Crippen LogP contribution is -2.47. The van der Waals surface area contributed by atoms with E-state index in [1.807, 2.05) is 44.9 Å². The van der Waals surface area contributed by atoms with Crippen molar-refractivity contribution in [3.05, 3.63) is 53.2 Å². The third-order valence-corrected chi connectivity index (χ3v) is 7.04. The Hall–Kier alpha value is -3.50. The fraction of sp³-hybridized carbons (Fsp3) is 0.448. The summed E-state index contributed by atoms with van der Waals surface area (Å²) in [5, 5.41) is 8.68. The van der Waals surface area contributed by atoms with Crippen LogP contribution in [0.2, 0.25) is 0 Å². The van der Waals surface area contributed by atoms with E-state index in [-0.39, 0.29) is 11.8 Å². The van der Waals surface area contributed by atoms with Crippen molar-refractivity contribution in [1.82, 2.24) is 19.8 Å². The Labute approximate surface area is 235 Å². The maximum Gasteiger partial charge on any atom is 0.275 e. The zero-order valence-corrected chi connectivity index (χ0v) is 24.4. The van der Waals surface area contributed by atoms with E-state index in [1.54, 1.807) is 29.8 Å². The number of hydrogen-bond donors (Lipinski definition) is 2. The van der Waals surface area contributed by atoms with Gasteiger partial charge in [0.05, 0.1) is 12.3 Å². The maximum absolute atomic E-state index is 13.1. The number of thiazole rings is 1. The molecule has 0 spiro atoms. The van der Waals surface area contributed by atoms with E-state index in [0.717, 1.165) is 48.9 Å². The van der Waals surface area contributed by atoms with Crippen LogP contribution in [0.5, 0.6) is 5.75 Å². The molecule has 2 aromatic heterocycles. The van der Waals surface area contributed by atoms with Gasteiger partial charge in [0.1, 0.15) is 22.3 Å². The predicted molar refractivity (Wildman–Crippen MR) is 159 cm³/mol. The van der Waals surface area contributed by atoms with Crippen LogP contribution >= 0.6 is 11.3 Å². The Bertz CT molecular complexity index is 1220. The van der Waals surface area contributed by atoms with E-state index < -0.39 is 0 Å². The highest BCUT2D eigenvalue weighted by Crippen LogP contribution is 2.29. The average molecular weight is 553 g/mol. The van der Waals surface area contributed by atoms with Gasteiger partial charge in [-0.3, -0.25) is 9.59 Å². The molecule has 210 valence electrons. The zero-order chi connectivity index (χ0) is 28.2. The normalized spacial score (nSPS) is 13.3. The lowest BCUT2D eigenvalue weighted by atomic mass is 10.1. The molecular formula is C29H40N6O3S. The van der Waals surface area contributed by atoms with Crippen molar-refractivity contribution >= 4 is 34.7 Å². The number of benzene rings is 1. The van der Waals surface area contributed by atoms with Crippen molar-refractivity contribution in [2.75, 3.05) is 57.0 Å². The molecule has 1 aromatic carbocycles. The van der Waals surface area contributed by atoms with Crippen LogP contribution in [0.4, 0.5) is 11.5 Å². The standard InChI is InChI=1S/C27H34N6O3S.C2H6/c1-4-6-10-28-24-17-19(9-11-29-24)26-31-22(18-37-26)25(34)30-21-16-20(7-8-23(21)36-5-2)27(35)33-14-12-32(3)13-15-33;1-2/h7-9,11,16-18H,4-6,10,12-15H2,1-3H3,(H,28,29)(H,30,34);1-2H3. The van der Waals surface area contributed by atoms with Gasteiger partial charge in [-0.25, -0.2) is 9.97 Å². The molecular weight excluding hydrogens is 512 g/mol. The number of rotatable bonds is 10. The Morgan fingerprint density at radius 2 is 1.85 bits per heavy atom. The molecule has 0 unspecified atom stereocenters. The largest absolute Gasteiger partial charge is 0.492 e. The van der Waals surface area contributed by atoms with Crippen molar-refractivity contribution in [2.45, 2.75) is 40.5 Å². The highest BCUT2D eigenvalue weighted by atomic mass is 32.1.